The van der Waals surface area contributed by atoms with Crippen molar-refractivity contribution in [3.63, 3.8) is 0 Å². The van der Waals surface area contributed by atoms with Gasteiger partial charge in [-0.1, -0.05) is 0 Å². The zero-order valence-corrected chi connectivity index (χ0v) is 25.6. The van der Waals surface area contributed by atoms with Crippen molar-refractivity contribution < 1.29 is 28.2 Å². The third-order valence-electron chi connectivity index (χ3n) is 8.10. The van der Waals surface area contributed by atoms with Gasteiger partial charge in [0.1, 0.15) is 29.4 Å². The summed E-state index contributed by atoms with van der Waals surface area (Å²) in [5, 5.41) is 22.4. The van der Waals surface area contributed by atoms with Crippen LogP contribution in [0.4, 0.5) is 26.2 Å². The maximum atomic E-state index is 14.9. The number of nitrogens with one attached hydrogen (secondary N) is 1. The second-order valence-corrected chi connectivity index (χ2v) is 11.3. The number of benzene rings is 1. The molecule has 2 saturated heterocycles. The number of amides is 1. The van der Waals surface area contributed by atoms with Crippen molar-refractivity contribution in [2.45, 2.75) is 44.4 Å². The summed E-state index contributed by atoms with van der Waals surface area (Å²) in [5.41, 5.74) is 2.00. The lowest BCUT2D eigenvalue weighted by Crippen LogP contribution is -2.56. The Labute approximate surface area is 260 Å². The molecule has 0 saturated carbocycles. The fourth-order valence-corrected chi connectivity index (χ4v) is 5.40. The molecule has 0 radical (unpaired) electrons. The minimum Gasteiger partial charge on any atom is -0.483 e. The number of carbonyl (C=O) groups is 1. The number of anilines is 3. The Morgan fingerprint density at radius 2 is 2.00 bits per heavy atom. The number of nitrogens with zero attached hydrogens (tertiary/aromatic N) is 7. The van der Waals surface area contributed by atoms with Gasteiger partial charge in [0.2, 0.25) is 11.8 Å². The van der Waals surface area contributed by atoms with E-state index in [4.69, 9.17) is 9.47 Å². The Hall–Kier alpha value is -4.61. The summed E-state index contributed by atoms with van der Waals surface area (Å²) >= 11 is 0. The molecule has 1 unspecified atom stereocenters. The first-order valence-corrected chi connectivity index (χ1v) is 14.6. The Morgan fingerprint density at radius 1 is 1.20 bits per heavy atom. The Bertz CT molecular complexity index is 1580. The van der Waals surface area contributed by atoms with Crippen LogP contribution < -0.4 is 19.7 Å². The van der Waals surface area contributed by atoms with Gasteiger partial charge in [0.05, 0.1) is 24.9 Å². The number of hydrogen-bond donors (Lipinski definition) is 2. The lowest BCUT2D eigenvalue weighted by molar-refractivity contribution is -0.165. The molecule has 5 rings (SSSR count). The number of aromatic nitrogens is 3. The van der Waals surface area contributed by atoms with Crippen LogP contribution in [0.2, 0.25) is 0 Å². The van der Waals surface area contributed by atoms with Crippen LogP contribution in [-0.2, 0) is 4.79 Å². The maximum absolute atomic E-state index is 14.9. The number of pyridine rings is 1. The minimum atomic E-state index is -3.38. The number of aliphatic hydroxyl groups excluding tert-OH is 1. The molecule has 1 amide bonds. The highest BCUT2D eigenvalue weighted by molar-refractivity contribution is 5.80. The normalized spacial score (nSPS) is 20.7. The van der Waals surface area contributed by atoms with Gasteiger partial charge in [-0.2, -0.15) is 10.2 Å². The van der Waals surface area contributed by atoms with Gasteiger partial charge in [0.25, 0.3) is 5.91 Å². The summed E-state index contributed by atoms with van der Waals surface area (Å²) in [7, 11) is 3.69. The Balaban J connectivity index is 1.30. The van der Waals surface area contributed by atoms with E-state index in [9.17, 15) is 23.9 Å². The third kappa shape index (κ3) is 7.05. The van der Waals surface area contributed by atoms with Crippen molar-refractivity contribution in [3.8, 4) is 29.0 Å². The summed E-state index contributed by atoms with van der Waals surface area (Å²) in [5.74, 6) is -2.91. The fraction of sp³-hybridized carbons (Fsp3) is 0.452. The molecule has 3 aromatic rings. The van der Waals surface area contributed by atoms with E-state index in [2.05, 4.69) is 44.0 Å². The number of aliphatic hydroxyl groups is 1. The number of nitriles is 1. The second kappa shape index (κ2) is 13.2. The number of likely N-dealkylation sites (N-methyl/N-ethyl adjacent to an activating group) is 1. The molecular formula is C31H36F2N8O4. The van der Waals surface area contributed by atoms with Gasteiger partial charge in [0.15, 0.2) is 6.10 Å². The molecule has 3 atom stereocenters. The molecule has 2 aromatic heterocycles. The maximum Gasteiger partial charge on any atom is 0.301 e. The van der Waals surface area contributed by atoms with Crippen LogP contribution in [0.5, 0.6) is 11.6 Å². The van der Waals surface area contributed by atoms with Crippen LogP contribution in [-0.4, -0.2) is 107 Å². The van der Waals surface area contributed by atoms with Crippen molar-refractivity contribution in [1.29, 1.82) is 5.26 Å². The quantitative estimate of drug-likeness (QED) is 0.383. The Morgan fingerprint density at radius 3 is 2.69 bits per heavy atom. The lowest BCUT2D eigenvalue weighted by Gasteiger charge is -2.39. The number of piperidine rings is 1. The number of ether oxygens (including phenoxy) is 2. The highest BCUT2D eigenvalue weighted by Gasteiger charge is 2.48. The summed E-state index contributed by atoms with van der Waals surface area (Å²) in [4.78, 5) is 31.0. The minimum absolute atomic E-state index is 0.000221. The lowest BCUT2D eigenvalue weighted by atomic mass is 10.0. The summed E-state index contributed by atoms with van der Waals surface area (Å²) < 4.78 is 41.0. The van der Waals surface area contributed by atoms with Gasteiger partial charge in [0, 0.05) is 50.4 Å². The van der Waals surface area contributed by atoms with Gasteiger partial charge in [-0.3, -0.25) is 4.79 Å². The molecule has 14 heteroatoms. The molecule has 0 bridgehead atoms. The largest absolute Gasteiger partial charge is 0.483 e. The number of methoxy groups -OCH3 is 1. The molecule has 2 aliphatic heterocycles. The van der Waals surface area contributed by atoms with E-state index in [0.29, 0.717) is 29.0 Å². The number of likely N-dealkylation sites (tertiary alicyclic amines) is 1. The van der Waals surface area contributed by atoms with Crippen LogP contribution in [0, 0.1) is 11.3 Å². The average Bonchev–Trinajstić information content (AvgIpc) is 3.03. The first-order chi connectivity index (χ1) is 21.5. The number of alkyl halides is 2. The summed E-state index contributed by atoms with van der Waals surface area (Å²) in [6.07, 6.45) is -1.52. The molecule has 12 nitrogen and oxygen atoms in total. The van der Waals surface area contributed by atoms with E-state index in [0.717, 1.165) is 30.2 Å². The molecular weight excluding hydrogens is 586 g/mol. The van der Waals surface area contributed by atoms with Crippen molar-refractivity contribution in [2.75, 3.05) is 57.1 Å². The average molecular weight is 623 g/mol. The molecule has 238 valence electrons. The van der Waals surface area contributed by atoms with E-state index in [1.807, 2.05) is 18.2 Å². The monoisotopic (exact) mass is 622 g/mol. The SMILES string of the molecule is COc1nc(Nc2nccc(-c3ccc(OC4CCN(C(=O)[C@@H](C)O)CC4(F)F)c(C#N)c3)n2)ccc1N1CCN(C)[C@H](C)C1. The summed E-state index contributed by atoms with van der Waals surface area (Å²) in [6, 6.07) is 12.4. The number of rotatable bonds is 8. The standard InChI is InChI=1S/C31H36F2N8O4/c1-19-17-40(14-13-39(19)3)24-6-8-27(37-28(24)44-4)38-30-35-11-9-23(36-30)21-5-7-25(22(15-21)16-34)45-26-10-12-41(18-31(26,32)33)29(43)20(2)42/h5-9,11,15,19-20,26,42H,10,12-14,17-18H2,1-4H3,(H,35,36,37,38)/t19-,20-,26?/m1/s1. The molecule has 0 spiro atoms. The first kappa shape index (κ1) is 31.8. The molecule has 2 fully saturated rings. The van der Waals surface area contributed by atoms with Gasteiger partial charge in [-0.05, 0) is 57.3 Å². The van der Waals surface area contributed by atoms with Crippen LogP contribution in [0.1, 0.15) is 25.8 Å². The molecule has 45 heavy (non-hydrogen) atoms. The van der Waals surface area contributed by atoms with Gasteiger partial charge < -0.3 is 34.6 Å². The van der Waals surface area contributed by atoms with E-state index in [-0.39, 0.29) is 30.2 Å². The predicted molar refractivity (Wildman–Crippen MR) is 163 cm³/mol. The van der Waals surface area contributed by atoms with E-state index in [1.165, 1.54) is 19.1 Å². The highest BCUT2D eigenvalue weighted by Crippen LogP contribution is 2.34. The van der Waals surface area contributed by atoms with Crippen LogP contribution in [0.25, 0.3) is 11.3 Å². The van der Waals surface area contributed by atoms with E-state index in [1.54, 1.807) is 25.4 Å². The van der Waals surface area contributed by atoms with Crippen molar-refractivity contribution >= 4 is 23.4 Å². The molecule has 0 aliphatic carbocycles. The van der Waals surface area contributed by atoms with Crippen LogP contribution in [0.3, 0.4) is 0 Å². The summed E-state index contributed by atoms with van der Waals surface area (Å²) in [6.45, 7) is 5.19. The zero-order valence-electron chi connectivity index (χ0n) is 25.6. The van der Waals surface area contributed by atoms with Crippen molar-refractivity contribution in [3.05, 3.63) is 48.2 Å². The predicted octanol–water partition coefficient (Wildman–Crippen LogP) is 3.30. The van der Waals surface area contributed by atoms with Gasteiger partial charge in [-0.25, -0.2) is 18.7 Å². The highest BCUT2D eigenvalue weighted by atomic mass is 19.3. The molecule has 1 aromatic carbocycles. The first-order valence-electron chi connectivity index (χ1n) is 14.6. The van der Waals surface area contributed by atoms with Gasteiger partial charge in [-0.15, -0.1) is 0 Å². The second-order valence-electron chi connectivity index (χ2n) is 11.3. The van der Waals surface area contributed by atoms with Crippen molar-refractivity contribution in [1.82, 2.24) is 24.8 Å². The molecule has 2 N–H and O–H groups in total. The van der Waals surface area contributed by atoms with Crippen molar-refractivity contribution in [2.24, 2.45) is 0 Å². The smallest absolute Gasteiger partial charge is 0.301 e. The Kier molecular flexibility index (Phi) is 9.31. The fourth-order valence-electron chi connectivity index (χ4n) is 5.40. The van der Waals surface area contributed by atoms with Crippen LogP contribution in [0.15, 0.2) is 42.6 Å². The molecule has 4 heterocycles. The molecule has 2 aliphatic rings. The van der Waals surface area contributed by atoms with E-state index >= 15 is 0 Å². The van der Waals surface area contributed by atoms with Gasteiger partial charge >= 0.3 is 5.92 Å². The number of halogens is 2. The topological polar surface area (TPSA) is 140 Å². The van der Waals surface area contributed by atoms with Crippen LogP contribution >= 0.6 is 0 Å². The number of piperazine rings is 1. The zero-order chi connectivity index (χ0) is 32.3. The third-order valence-corrected chi connectivity index (χ3v) is 8.10. The number of hydrogen-bond acceptors (Lipinski definition) is 11. The van der Waals surface area contributed by atoms with E-state index < -0.39 is 30.6 Å². The number of carbonyl (C=O) groups excluding carboxylic acids is 1.